The van der Waals surface area contributed by atoms with Gasteiger partial charge in [-0.15, -0.1) is 0 Å². The molecule has 0 aliphatic heterocycles. The Labute approximate surface area is 170 Å². The third-order valence-electron chi connectivity index (χ3n) is 5.59. The lowest BCUT2D eigenvalue weighted by Gasteiger charge is -2.23. The molecule has 1 aliphatic rings. The van der Waals surface area contributed by atoms with Crippen LogP contribution in [0.2, 0.25) is 0 Å². The number of aryl methyl sites for hydroxylation is 1. The van der Waals surface area contributed by atoms with Gasteiger partial charge in [-0.2, -0.15) is 0 Å². The molecule has 4 rings (SSSR count). The van der Waals surface area contributed by atoms with Gasteiger partial charge in [0.25, 0.3) is 5.69 Å². The van der Waals surface area contributed by atoms with Gasteiger partial charge < -0.3 is 10.5 Å². The van der Waals surface area contributed by atoms with Crippen molar-refractivity contribution in [1.82, 2.24) is 0 Å². The van der Waals surface area contributed by atoms with Gasteiger partial charge in [0, 0.05) is 12.1 Å². The van der Waals surface area contributed by atoms with Crippen LogP contribution in [0.3, 0.4) is 0 Å². The van der Waals surface area contributed by atoms with Crippen molar-refractivity contribution in [2.24, 2.45) is 11.7 Å². The molecule has 1 unspecified atom stereocenters. The third-order valence-corrected chi connectivity index (χ3v) is 5.59. The molecule has 1 aliphatic carbocycles. The van der Waals surface area contributed by atoms with Gasteiger partial charge in [0.15, 0.2) is 0 Å². The number of nitro benzene ring substituents is 1. The summed E-state index contributed by atoms with van der Waals surface area (Å²) in [6.45, 7) is 1.24. The van der Waals surface area contributed by atoms with Crippen LogP contribution in [0.1, 0.15) is 23.1 Å². The molecule has 29 heavy (non-hydrogen) atoms. The van der Waals surface area contributed by atoms with E-state index in [2.05, 4.69) is 12.1 Å². The maximum Gasteiger partial charge on any atom is 0.270 e. The standard InChI is InChI=1S/C24H24N2O3/c25-15-18-6-9-22-14-24(11-10-21(22)12-18)29-16-17-4-7-19(8-5-17)20-2-1-3-23(13-20)26(27)28/h1-5,7-8,10-11,13-14,18H,6,9,12,15-16,25H2. The molecule has 1 atom stereocenters. The first kappa shape index (κ1) is 19.2. The molecule has 0 radical (unpaired) electrons. The summed E-state index contributed by atoms with van der Waals surface area (Å²) < 4.78 is 5.99. The van der Waals surface area contributed by atoms with Crippen LogP contribution in [0.15, 0.2) is 66.7 Å². The van der Waals surface area contributed by atoms with E-state index < -0.39 is 0 Å². The topological polar surface area (TPSA) is 78.4 Å². The summed E-state index contributed by atoms with van der Waals surface area (Å²) in [5.74, 6) is 1.48. The van der Waals surface area contributed by atoms with Crippen LogP contribution in [0.5, 0.6) is 5.75 Å². The molecule has 148 valence electrons. The van der Waals surface area contributed by atoms with Crippen molar-refractivity contribution in [2.75, 3.05) is 6.54 Å². The van der Waals surface area contributed by atoms with E-state index in [4.69, 9.17) is 10.5 Å². The average Bonchev–Trinajstić information content (AvgIpc) is 2.77. The summed E-state index contributed by atoms with van der Waals surface area (Å²) in [4.78, 5) is 10.6. The Morgan fingerprint density at radius 1 is 1.00 bits per heavy atom. The van der Waals surface area contributed by atoms with Crippen LogP contribution < -0.4 is 10.5 Å². The summed E-state index contributed by atoms with van der Waals surface area (Å²) in [5.41, 5.74) is 11.5. The molecule has 0 bridgehead atoms. The number of ether oxygens (including phenoxy) is 1. The monoisotopic (exact) mass is 388 g/mol. The number of rotatable bonds is 6. The van der Waals surface area contributed by atoms with E-state index in [1.165, 1.54) is 17.2 Å². The molecule has 2 N–H and O–H groups in total. The van der Waals surface area contributed by atoms with Gasteiger partial charge in [-0.05, 0) is 71.7 Å². The van der Waals surface area contributed by atoms with Gasteiger partial charge in [0.2, 0.25) is 0 Å². The minimum Gasteiger partial charge on any atom is -0.489 e. The molecule has 5 nitrogen and oxygen atoms in total. The van der Waals surface area contributed by atoms with Crippen LogP contribution in [0.25, 0.3) is 11.1 Å². The fraction of sp³-hybridized carbons (Fsp3) is 0.250. The molecular formula is C24H24N2O3. The normalized spacial score (nSPS) is 15.6. The molecule has 3 aromatic rings. The first-order chi connectivity index (χ1) is 14.1. The van der Waals surface area contributed by atoms with Crippen LogP contribution in [0, 0.1) is 16.0 Å². The zero-order chi connectivity index (χ0) is 20.2. The number of benzene rings is 3. The fourth-order valence-corrected chi connectivity index (χ4v) is 3.86. The fourth-order valence-electron chi connectivity index (χ4n) is 3.86. The summed E-state index contributed by atoms with van der Waals surface area (Å²) in [6.07, 6.45) is 3.27. The molecule has 0 saturated carbocycles. The maximum atomic E-state index is 11.0. The molecule has 0 saturated heterocycles. The number of hydrogen-bond donors (Lipinski definition) is 1. The molecule has 0 heterocycles. The first-order valence-corrected chi connectivity index (χ1v) is 9.91. The van der Waals surface area contributed by atoms with Crippen molar-refractivity contribution in [1.29, 1.82) is 0 Å². The summed E-state index contributed by atoms with van der Waals surface area (Å²) in [7, 11) is 0. The number of nitro groups is 1. The third kappa shape index (κ3) is 4.46. The summed E-state index contributed by atoms with van der Waals surface area (Å²) >= 11 is 0. The molecule has 0 amide bonds. The lowest BCUT2D eigenvalue weighted by Crippen LogP contribution is -2.22. The van der Waals surface area contributed by atoms with E-state index in [1.54, 1.807) is 12.1 Å². The Balaban J connectivity index is 1.41. The number of non-ortho nitro benzene ring substituents is 1. The minimum absolute atomic E-state index is 0.0973. The van der Waals surface area contributed by atoms with Crippen molar-refractivity contribution in [2.45, 2.75) is 25.9 Å². The Hall–Kier alpha value is -3.18. The largest absolute Gasteiger partial charge is 0.489 e. The van der Waals surface area contributed by atoms with Crippen molar-refractivity contribution < 1.29 is 9.66 Å². The highest BCUT2D eigenvalue weighted by atomic mass is 16.6. The molecule has 0 spiro atoms. The Morgan fingerprint density at radius 3 is 2.59 bits per heavy atom. The zero-order valence-corrected chi connectivity index (χ0v) is 16.2. The van der Waals surface area contributed by atoms with Gasteiger partial charge in [-0.1, -0.05) is 42.5 Å². The second kappa shape index (κ2) is 8.45. The van der Waals surface area contributed by atoms with Gasteiger partial charge in [-0.25, -0.2) is 0 Å². The number of nitrogens with two attached hydrogens (primary N) is 1. The molecule has 0 fully saturated rings. The number of nitrogens with zero attached hydrogens (tertiary/aromatic N) is 1. The number of fused-ring (bicyclic) bond motifs is 1. The Bertz CT molecular complexity index is 1010. The predicted molar refractivity (Wildman–Crippen MR) is 114 cm³/mol. The van der Waals surface area contributed by atoms with Gasteiger partial charge in [0.05, 0.1) is 4.92 Å². The van der Waals surface area contributed by atoms with Crippen molar-refractivity contribution >= 4 is 5.69 Å². The lowest BCUT2D eigenvalue weighted by molar-refractivity contribution is -0.384. The Morgan fingerprint density at radius 2 is 1.83 bits per heavy atom. The highest BCUT2D eigenvalue weighted by molar-refractivity contribution is 5.66. The SMILES string of the molecule is NCC1CCc2cc(OCc3ccc(-c4cccc([N+](=O)[O-])c4)cc3)ccc2C1. The highest BCUT2D eigenvalue weighted by Crippen LogP contribution is 2.29. The van der Waals surface area contributed by atoms with E-state index in [9.17, 15) is 10.1 Å². The van der Waals surface area contributed by atoms with Gasteiger partial charge >= 0.3 is 0 Å². The van der Waals surface area contributed by atoms with Gasteiger partial charge in [0.1, 0.15) is 12.4 Å². The molecular weight excluding hydrogens is 364 g/mol. The van der Waals surface area contributed by atoms with Crippen LogP contribution in [-0.4, -0.2) is 11.5 Å². The molecule has 0 aromatic heterocycles. The van der Waals surface area contributed by atoms with E-state index in [0.29, 0.717) is 12.5 Å². The smallest absolute Gasteiger partial charge is 0.270 e. The predicted octanol–water partition coefficient (Wildman–Crippen LogP) is 4.90. The van der Waals surface area contributed by atoms with Crippen molar-refractivity contribution in [3.8, 4) is 16.9 Å². The van der Waals surface area contributed by atoms with Crippen LogP contribution >= 0.6 is 0 Å². The summed E-state index contributed by atoms with van der Waals surface area (Å²) in [5, 5.41) is 11.0. The quantitative estimate of drug-likeness (QED) is 0.481. The van der Waals surface area contributed by atoms with E-state index in [1.807, 2.05) is 36.4 Å². The van der Waals surface area contributed by atoms with Crippen LogP contribution in [-0.2, 0) is 19.4 Å². The molecule has 3 aromatic carbocycles. The van der Waals surface area contributed by atoms with E-state index in [0.717, 1.165) is 48.2 Å². The maximum absolute atomic E-state index is 11.0. The second-order valence-corrected chi connectivity index (χ2v) is 7.57. The summed E-state index contributed by atoms with van der Waals surface area (Å²) in [6, 6.07) is 21.0. The highest BCUT2D eigenvalue weighted by Gasteiger charge is 2.17. The first-order valence-electron chi connectivity index (χ1n) is 9.91. The number of hydrogen-bond acceptors (Lipinski definition) is 4. The van der Waals surface area contributed by atoms with Crippen molar-refractivity contribution in [3.63, 3.8) is 0 Å². The van der Waals surface area contributed by atoms with Crippen LogP contribution in [0.4, 0.5) is 5.69 Å². The average molecular weight is 388 g/mol. The van der Waals surface area contributed by atoms with Gasteiger partial charge in [-0.3, -0.25) is 10.1 Å². The van der Waals surface area contributed by atoms with E-state index in [-0.39, 0.29) is 10.6 Å². The Kier molecular flexibility index (Phi) is 5.58. The minimum atomic E-state index is -0.375. The van der Waals surface area contributed by atoms with E-state index >= 15 is 0 Å². The molecule has 5 heteroatoms. The van der Waals surface area contributed by atoms with Crippen molar-refractivity contribution in [3.05, 3.63) is 93.5 Å². The second-order valence-electron chi connectivity index (χ2n) is 7.57. The lowest BCUT2D eigenvalue weighted by atomic mass is 9.84. The zero-order valence-electron chi connectivity index (χ0n) is 16.2.